The smallest absolute Gasteiger partial charge is 0.241 e. The maximum Gasteiger partial charge on any atom is 0.241 e. The van der Waals surface area contributed by atoms with E-state index in [4.69, 9.17) is 27.7 Å². The summed E-state index contributed by atoms with van der Waals surface area (Å²) in [5.41, 5.74) is 0.698. The standard InChI is InChI=1S/C21H26Cl2N4O2/c22-15-6-7-17(18(23)12-15)20-25-19(29-26-20)13-27-10-8-14(9-11-27)21(28)24-16-4-2-1-3-5-16/h6-7,12,14,16H,1-5,8-11,13H2,(H,24,28). The normalized spacial score (nSPS) is 19.4. The second kappa shape index (κ2) is 9.45. The molecule has 1 N–H and O–H groups in total. The van der Waals surface area contributed by atoms with Crippen molar-refractivity contribution in [2.75, 3.05) is 13.1 Å². The van der Waals surface area contributed by atoms with Crippen LogP contribution in [-0.4, -0.2) is 40.1 Å². The Hall–Kier alpha value is -1.63. The van der Waals surface area contributed by atoms with Crippen molar-refractivity contribution in [3.05, 3.63) is 34.1 Å². The number of rotatable bonds is 5. The lowest BCUT2D eigenvalue weighted by Gasteiger charge is -2.32. The number of hydrogen-bond donors (Lipinski definition) is 1. The highest BCUT2D eigenvalue weighted by Gasteiger charge is 2.27. The Bertz CT molecular complexity index is 843. The highest BCUT2D eigenvalue weighted by molar-refractivity contribution is 6.36. The van der Waals surface area contributed by atoms with Gasteiger partial charge in [-0.15, -0.1) is 0 Å². The number of halogens is 2. The van der Waals surface area contributed by atoms with Crippen molar-refractivity contribution < 1.29 is 9.32 Å². The average molecular weight is 437 g/mol. The highest BCUT2D eigenvalue weighted by atomic mass is 35.5. The minimum Gasteiger partial charge on any atom is -0.353 e. The molecule has 156 valence electrons. The van der Waals surface area contributed by atoms with E-state index >= 15 is 0 Å². The first-order chi connectivity index (χ1) is 14.1. The Labute approximate surface area is 180 Å². The lowest BCUT2D eigenvalue weighted by molar-refractivity contribution is -0.127. The zero-order valence-corrected chi connectivity index (χ0v) is 17.9. The molecule has 1 amide bonds. The van der Waals surface area contributed by atoms with Gasteiger partial charge in [0, 0.05) is 22.5 Å². The summed E-state index contributed by atoms with van der Waals surface area (Å²) in [6.45, 7) is 2.28. The molecule has 2 fully saturated rings. The van der Waals surface area contributed by atoms with E-state index in [0.717, 1.165) is 38.8 Å². The van der Waals surface area contributed by atoms with Crippen LogP contribution in [0.1, 0.15) is 50.8 Å². The summed E-state index contributed by atoms with van der Waals surface area (Å²) in [7, 11) is 0. The van der Waals surface area contributed by atoms with Crippen molar-refractivity contribution in [3.63, 3.8) is 0 Å². The van der Waals surface area contributed by atoms with Crippen LogP contribution in [0.15, 0.2) is 22.7 Å². The van der Waals surface area contributed by atoms with Gasteiger partial charge < -0.3 is 9.84 Å². The molecule has 29 heavy (non-hydrogen) atoms. The van der Waals surface area contributed by atoms with Crippen LogP contribution in [0.2, 0.25) is 10.0 Å². The largest absolute Gasteiger partial charge is 0.353 e. The summed E-state index contributed by atoms with van der Waals surface area (Å²) in [6, 6.07) is 5.58. The van der Waals surface area contributed by atoms with Gasteiger partial charge in [-0.3, -0.25) is 9.69 Å². The summed E-state index contributed by atoms with van der Waals surface area (Å²) in [5, 5.41) is 8.37. The first-order valence-electron chi connectivity index (χ1n) is 10.4. The predicted octanol–water partition coefficient (Wildman–Crippen LogP) is 4.70. The van der Waals surface area contributed by atoms with Gasteiger partial charge in [0.15, 0.2) is 0 Å². The van der Waals surface area contributed by atoms with E-state index in [1.165, 1.54) is 19.3 Å². The van der Waals surface area contributed by atoms with Crippen LogP contribution in [0.3, 0.4) is 0 Å². The van der Waals surface area contributed by atoms with Crippen molar-refractivity contribution in [1.29, 1.82) is 0 Å². The van der Waals surface area contributed by atoms with Gasteiger partial charge >= 0.3 is 0 Å². The Kier molecular flexibility index (Phi) is 6.73. The summed E-state index contributed by atoms with van der Waals surface area (Å²) in [6.07, 6.45) is 7.74. The fourth-order valence-electron chi connectivity index (χ4n) is 4.21. The van der Waals surface area contributed by atoms with Crippen LogP contribution in [0, 0.1) is 5.92 Å². The molecule has 1 saturated heterocycles. The lowest BCUT2D eigenvalue weighted by Crippen LogP contribution is -2.44. The van der Waals surface area contributed by atoms with Gasteiger partial charge in [0.1, 0.15) is 0 Å². The number of likely N-dealkylation sites (tertiary alicyclic amines) is 1. The summed E-state index contributed by atoms with van der Waals surface area (Å²) >= 11 is 12.2. The number of aromatic nitrogens is 2. The molecule has 0 spiro atoms. The molecule has 2 aliphatic rings. The third-order valence-electron chi connectivity index (χ3n) is 5.91. The molecule has 0 radical (unpaired) electrons. The van der Waals surface area contributed by atoms with Gasteiger partial charge in [-0.05, 0) is 57.0 Å². The number of amides is 1. The van der Waals surface area contributed by atoms with Crippen LogP contribution in [-0.2, 0) is 11.3 Å². The van der Waals surface area contributed by atoms with E-state index < -0.39 is 0 Å². The zero-order valence-electron chi connectivity index (χ0n) is 16.4. The molecule has 4 rings (SSSR count). The summed E-state index contributed by atoms with van der Waals surface area (Å²) in [5.74, 6) is 1.35. The quantitative estimate of drug-likeness (QED) is 0.734. The predicted molar refractivity (Wildman–Crippen MR) is 113 cm³/mol. The molecule has 8 heteroatoms. The zero-order chi connectivity index (χ0) is 20.2. The number of carbonyl (C=O) groups excluding carboxylic acids is 1. The van der Waals surface area contributed by atoms with Crippen molar-refractivity contribution in [3.8, 4) is 11.4 Å². The number of benzene rings is 1. The van der Waals surface area contributed by atoms with E-state index in [9.17, 15) is 4.79 Å². The minimum absolute atomic E-state index is 0.110. The molecule has 1 aliphatic carbocycles. The third-order valence-corrected chi connectivity index (χ3v) is 6.46. The second-order valence-electron chi connectivity index (χ2n) is 8.03. The Morgan fingerprint density at radius 1 is 1.14 bits per heavy atom. The Morgan fingerprint density at radius 2 is 1.90 bits per heavy atom. The van der Waals surface area contributed by atoms with E-state index in [1.807, 2.05) is 0 Å². The maximum atomic E-state index is 12.6. The molecule has 1 aliphatic heterocycles. The van der Waals surface area contributed by atoms with E-state index in [-0.39, 0.29) is 11.8 Å². The maximum absolute atomic E-state index is 12.6. The molecule has 0 unspecified atom stereocenters. The number of carbonyl (C=O) groups is 1. The monoisotopic (exact) mass is 436 g/mol. The third kappa shape index (κ3) is 5.30. The van der Waals surface area contributed by atoms with Crippen molar-refractivity contribution in [2.45, 2.75) is 57.5 Å². The summed E-state index contributed by atoms with van der Waals surface area (Å²) < 4.78 is 5.41. The number of hydrogen-bond acceptors (Lipinski definition) is 5. The van der Waals surface area contributed by atoms with E-state index in [0.29, 0.717) is 39.9 Å². The van der Waals surface area contributed by atoms with E-state index in [2.05, 4.69) is 20.4 Å². The molecule has 1 saturated carbocycles. The van der Waals surface area contributed by atoms with Crippen LogP contribution < -0.4 is 5.32 Å². The van der Waals surface area contributed by atoms with Gasteiger partial charge in [0.2, 0.25) is 17.6 Å². The Balaban J connectivity index is 1.27. The first kappa shape index (κ1) is 20.6. The molecular weight excluding hydrogens is 411 g/mol. The molecule has 1 aromatic heterocycles. The van der Waals surface area contributed by atoms with Crippen LogP contribution in [0.25, 0.3) is 11.4 Å². The van der Waals surface area contributed by atoms with Gasteiger partial charge in [0.25, 0.3) is 0 Å². The highest BCUT2D eigenvalue weighted by Crippen LogP contribution is 2.29. The molecule has 2 heterocycles. The molecule has 1 aromatic carbocycles. The van der Waals surface area contributed by atoms with Gasteiger partial charge in [0.05, 0.1) is 11.6 Å². The summed E-state index contributed by atoms with van der Waals surface area (Å²) in [4.78, 5) is 19.3. The number of nitrogens with zero attached hydrogens (tertiary/aromatic N) is 3. The average Bonchev–Trinajstić information content (AvgIpc) is 3.17. The Morgan fingerprint density at radius 3 is 2.62 bits per heavy atom. The van der Waals surface area contributed by atoms with Crippen molar-refractivity contribution in [1.82, 2.24) is 20.4 Å². The van der Waals surface area contributed by atoms with Crippen molar-refractivity contribution in [2.24, 2.45) is 5.92 Å². The molecular formula is C21H26Cl2N4O2. The number of piperidine rings is 1. The van der Waals surface area contributed by atoms with Gasteiger partial charge in [-0.25, -0.2) is 0 Å². The van der Waals surface area contributed by atoms with Crippen LogP contribution >= 0.6 is 23.2 Å². The molecule has 0 atom stereocenters. The fourth-order valence-corrected chi connectivity index (χ4v) is 4.70. The topological polar surface area (TPSA) is 71.3 Å². The second-order valence-corrected chi connectivity index (χ2v) is 8.87. The lowest BCUT2D eigenvalue weighted by atomic mass is 9.92. The van der Waals surface area contributed by atoms with E-state index in [1.54, 1.807) is 18.2 Å². The SMILES string of the molecule is O=C(NC1CCCCC1)C1CCN(Cc2nc(-c3ccc(Cl)cc3Cl)no2)CC1. The van der Waals surface area contributed by atoms with Crippen molar-refractivity contribution >= 4 is 29.1 Å². The molecule has 6 nitrogen and oxygen atoms in total. The molecule has 0 bridgehead atoms. The minimum atomic E-state index is 0.110. The van der Waals surface area contributed by atoms with Crippen LogP contribution in [0.4, 0.5) is 0 Å². The first-order valence-corrected chi connectivity index (χ1v) is 11.1. The van der Waals surface area contributed by atoms with Gasteiger partial charge in [-0.2, -0.15) is 4.98 Å². The fraction of sp³-hybridized carbons (Fsp3) is 0.571. The molecule has 2 aromatic rings. The number of nitrogens with one attached hydrogen (secondary N) is 1. The van der Waals surface area contributed by atoms with Gasteiger partial charge in [-0.1, -0.05) is 47.6 Å². The van der Waals surface area contributed by atoms with Crippen LogP contribution in [0.5, 0.6) is 0 Å².